The number of fused-ring (bicyclic) bond motifs is 6. The van der Waals surface area contributed by atoms with E-state index in [1.807, 2.05) is 48.5 Å². The normalized spacial score (nSPS) is 11.4. The lowest BCUT2D eigenvalue weighted by molar-refractivity contribution is 0.0720. The lowest BCUT2D eigenvalue weighted by atomic mass is 10.1. The highest BCUT2D eigenvalue weighted by atomic mass is 32.1. The summed E-state index contributed by atoms with van der Waals surface area (Å²) in [7, 11) is 0. The van der Waals surface area contributed by atoms with E-state index in [2.05, 4.69) is 24.3 Å². The van der Waals surface area contributed by atoms with Gasteiger partial charge in [0, 0.05) is 40.3 Å². The van der Waals surface area contributed by atoms with Gasteiger partial charge in [-0.05, 0) is 72.8 Å². The first kappa shape index (κ1) is 22.7. The molecule has 0 radical (unpaired) electrons. The average Bonchev–Trinajstić information content (AvgIpc) is 3.51. The zero-order chi connectivity index (χ0) is 25.6. The highest BCUT2D eigenvalue weighted by molar-refractivity contribution is 7.26. The molecule has 2 aromatic heterocycles. The van der Waals surface area contributed by atoms with E-state index >= 15 is 0 Å². The highest BCUT2D eigenvalue weighted by Gasteiger charge is 2.15. The van der Waals surface area contributed by atoms with Crippen LogP contribution in [0, 0.1) is 0 Å². The fraction of sp³-hybridized carbons (Fsp3) is 0. The van der Waals surface area contributed by atoms with Crippen LogP contribution in [0.1, 0.15) is 20.7 Å². The molecule has 0 aliphatic carbocycles. The van der Waals surface area contributed by atoms with Gasteiger partial charge in [-0.3, -0.25) is 0 Å². The number of carbonyl (C=O) groups excluding carboxylic acids is 2. The topological polar surface area (TPSA) is 52.6 Å². The van der Waals surface area contributed by atoms with Crippen LogP contribution in [0.4, 0.5) is 0 Å². The van der Waals surface area contributed by atoms with E-state index in [0.717, 1.165) is 30.9 Å². The molecule has 2 heterocycles. The third-order valence-electron chi connectivity index (χ3n) is 6.47. The van der Waals surface area contributed by atoms with Gasteiger partial charge in [0.15, 0.2) is 0 Å². The standard InChI is InChI=1S/C32H18O4S2/c33-31(35-21-13-15-29-25(17-21)23-5-1-3-7-27(23)37-29)19-9-11-20(12-10-19)32(34)36-22-14-16-30-26(18-22)24-6-2-4-8-28(24)38-30/h1-18H. The molecule has 0 aliphatic rings. The molecule has 38 heavy (non-hydrogen) atoms. The van der Waals surface area contributed by atoms with E-state index in [0.29, 0.717) is 22.6 Å². The molecule has 0 amide bonds. The zero-order valence-electron chi connectivity index (χ0n) is 19.8. The van der Waals surface area contributed by atoms with E-state index < -0.39 is 11.9 Å². The van der Waals surface area contributed by atoms with Crippen molar-refractivity contribution < 1.29 is 19.1 Å². The van der Waals surface area contributed by atoms with Crippen LogP contribution in [-0.2, 0) is 0 Å². The van der Waals surface area contributed by atoms with Crippen molar-refractivity contribution in [2.24, 2.45) is 0 Å². The number of hydrogen-bond donors (Lipinski definition) is 0. The van der Waals surface area contributed by atoms with Crippen molar-refractivity contribution in [2.75, 3.05) is 0 Å². The Morgan fingerprint density at radius 2 is 0.842 bits per heavy atom. The minimum atomic E-state index is -0.487. The van der Waals surface area contributed by atoms with E-state index in [-0.39, 0.29) is 0 Å². The van der Waals surface area contributed by atoms with Gasteiger partial charge in [0.2, 0.25) is 0 Å². The van der Waals surface area contributed by atoms with Gasteiger partial charge in [-0.25, -0.2) is 9.59 Å². The summed E-state index contributed by atoms with van der Waals surface area (Å²) in [5.74, 6) is -0.0195. The maximum atomic E-state index is 12.8. The summed E-state index contributed by atoms with van der Waals surface area (Å²) in [5.41, 5.74) is 0.700. The van der Waals surface area contributed by atoms with Gasteiger partial charge in [-0.15, -0.1) is 22.7 Å². The first-order chi connectivity index (χ1) is 18.6. The summed E-state index contributed by atoms with van der Waals surface area (Å²) in [4.78, 5) is 25.6. The molecule has 0 spiro atoms. The van der Waals surface area contributed by atoms with Crippen molar-refractivity contribution in [3.05, 3.63) is 120 Å². The van der Waals surface area contributed by atoms with Crippen LogP contribution in [0.5, 0.6) is 11.5 Å². The third kappa shape index (κ3) is 4.00. The number of hydrogen-bond acceptors (Lipinski definition) is 6. The van der Waals surface area contributed by atoms with E-state index in [9.17, 15) is 9.59 Å². The Morgan fingerprint density at radius 1 is 0.447 bits per heavy atom. The van der Waals surface area contributed by atoms with Crippen molar-refractivity contribution >= 4 is 75.0 Å². The van der Waals surface area contributed by atoms with E-state index in [4.69, 9.17) is 9.47 Å². The third-order valence-corrected chi connectivity index (χ3v) is 8.78. The lowest BCUT2D eigenvalue weighted by Gasteiger charge is -2.07. The summed E-state index contributed by atoms with van der Waals surface area (Å²) in [6.07, 6.45) is 0. The molecular weight excluding hydrogens is 512 g/mol. The first-order valence-electron chi connectivity index (χ1n) is 12.0. The highest BCUT2D eigenvalue weighted by Crippen LogP contribution is 2.37. The SMILES string of the molecule is O=C(Oc1ccc2sc3ccccc3c2c1)c1ccc(C(=O)Oc2ccc3sc4ccccc4c3c2)cc1. The number of ether oxygens (including phenoxy) is 2. The molecule has 0 N–H and O–H groups in total. The molecule has 0 aliphatic heterocycles. The predicted octanol–water partition coefficient (Wildman–Crippen LogP) is 8.86. The number of benzene rings is 5. The van der Waals surface area contributed by atoms with Crippen LogP contribution in [-0.4, -0.2) is 11.9 Å². The molecule has 0 bridgehead atoms. The summed E-state index contributed by atoms with van der Waals surface area (Å²) in [6.45, 7) is 0. The van der Waals surface area contributed by atoms with Gasteiger partial charge in [0.1, 0.15) is 11.5 Å². The van der Waals surface area contributed by atoms with Crippen molar-refractivity contribution in [3.8, 4) is 11.5 Å². The van der Waals surface area contributed by atoms with Crippen LogP contribution in [0.2, 0.25) is 0 Å². The fourth-order valence-electron chi connectivity index (χ4n) is 4.61. The second-order valence-electron chi connectivity index (χ2n) is 8.87. The van der Waals surface area contributed by atoms with Gasteiger partial charge < -0.3 is 9.47 Å². The predicted molar refractivity (Wildman–Crippen MR) is 155 cm³/mol. The monoisotopic (exact) mass is 530 g/mol. The number of esters is 2. The molecule has 0 unspecified atom stereocenters. The van der Waals surface area contributed by atoms with Gasteiger partial charge in [-0.1, -0.05) is 36.4 Å². The summed E-state index contributed by atoms with van der Waals surface area (Å²) < 4.78 is 15.9. The molecule has 7 aromatic rings. The second kappa shape index (κ2) is 9.10. The maximum absolute atomic E-state index is 12.8. The second-order valence-corrected chi connectivity index (χ2v) is 11.0. The number of carbonyl (C=O) groups is 2. The minimum absolute atomic E-state index is 0.350. The smallest absolute Gasteiger partial charge is 0.343 e. The molecular formula is C32H18O4S2. The van der Waals surface area contributed by atoms with Crippen molar-refractivity contribution in [3.63, 3.8) is 0 Å². The molecule has 0 saturated carbocycles. The van der Waals surface area contributed by atoms with Crippen molar-refractivity contribution in [2.45, 2.75) is 0 Å². The van der Waals surface area contributed by atoms with Gasteiger partial charge in [-0.2, -0.15) is 0 Å². The first-order valence-corrected chi connectivity index (χ1v) is 13.6. The van der Waals surface area contributed by atoms with Gasteiger partial charge >= 0.3 is 11.9 Å². The largest absolute Gasteiger partial charge is 0.423 e. The Hall–Kier alpha value is -4.52. The Labute approximate surface area is 225 Å². The van der Waals surface area contributed by atoms with Crippen LogP contribution < -0.4 is 9.47 Å². The molecule has 5 aromatic carbocycles. The fourth-order valence-corrected chi connectivity index (χ4v) is 6.78. The van der Waals surface area contributed by atoms with Gasteiger partial charge in [0.05, 0.1) is 11.1 Å². The quantitative estimate of drug-likeness (QED) is 0.168. The molecule has 0 saturated heterocycles. The van der Waals surface area contributed by atoms with E-state index in [1.165, 1.54) is 9.40 Å². The van der Waals surface area contributed by atoms with Crippen molar-refractivity contribution in [1.82, 2.24) is 0 Å². The Morgan fingerprint density at radius 3 is 1.29 bits per heavy atom. The summed E-state index contributed by atoms with van der Waals surface area (Å²) in [6, 6.07) is 34.0. The summed E-state index contributed by atoms with van der Waals surface area (Å²) in [5, 5.41) is 4.39. The van der Waals surface area contributed by atoms with E-state index in [1.54, 1.807) is 59.1 Å². The lowest BCUT2D eigenvalue weighted by Crippen LogP contribution is -2.11. The Kier molecular flexibility index (Phi) is 5.43. The average molecular weight is 531 g/mol. The van der Waals surface area contributed by atoms with Crippen molar-refractivity contribution in [1.29, 1.82) is 0 Å². The summed E-state index contributed by atoms with van der Waals surface area (Å²) >= 11 is 3.42. The molecule has 0 fully saturated rings. The van der Waals surface area contributed by atoms with Crippen LogP contribution in [0.15, 0.2) is 109 Å². The van der Waals surface area contributed by atoms with Crippen LogP contribution in [0.25, 0.3) is 40.3 Å². The molecule has 182 valence electrons. The maximum Gasteiger partial charge on any atom is 0.343 e. The molecule has 4 nitrogen and oxygen atoms in total. The van der Waals surface area contributed by atoms with Crippen LogP contribution >= 0.6 is 22.7 Å². The molecule has 7 rings (SSSR count). The number of rotatable bonds is 4. The van der Waals surface area contributed by atoms with Crippen LogP contribution in [0.3, 0.4) is 0 Å². The molecule has 0 atom stereocenters. The molecule has 6 heteroatoms. The Balaban J connectivity index is 1.08. The zero-order valence-corrected chi connectivity index (χ0v) is 21.5. The van der Waals surface area contributed by atoms with Gasteiger partial charge in [0.25, 0.3) is 0 Å². The number of thiophene rings is 2. The minimum Gasteiger partial charge on any atom is -0.423 e. The Bertz CT molecular complexity index is 1870.